The molecule has 0 aliphatic heterocycles. The number of rotatable bonds is 6. The van der Waals surface area contributed by atoms with Crippen LogP contribution in [0.5, 0.6) is 0 Å². The normalized spacial score (nSPS) is 12.1. The van der Waals surface area contributed by atoms with Crippen LogP contribution in [-0.4, -0.2) is 32.2 Å². The SMILES string of the molecule is Cc1ccc(-c2ccn3nc(N)nc3c2)c(F)c1C(=O)NCC[C@H](O)c1ccc(Cl)cc1. The van der Waals surface area contributed by atoms with Crippen molar-refractivity contribution < 1.29 is 14.3 Å². The number of amides is 1. The van der Waals surface area contributed by atoms with E-state index in [1.165, 1.54) is 4.52 Å². The van der Waals surface area contributed by atoms with Crippen LogP contribution in [0.1, 0.15) is 34.0 Å². The summed E-state index contributed by atoms with van der Waals surface area (Å²) in [5.41, 5.74) is 8.07. The zero-order chi connectivity index (χ0) is 22.8. The molecule has 0 spiro atoms. The van der Waals surface area contributed by atoms with Gasteiger partial charge < -0.3 is 16.2 Å². The summed E-state index contributed by atoms with van der Waals surface area (Å²) in [6, 6.07) is 13.5. The highest BCUT2D eigenvalue weighted by molar-refractivity contribution is 6.30. The molecule has 0 unspecified atom stereocenters. The van der Waals surface area contributed by atoms with E-state index >= 15 is 4.39 Å². The molecule has 7 nitrogen and oxygen atoms in total. The Balaban J connectivity index is 1.51. The standard InChI is InChI=1S/C23H21ClFN5O2/c1-13-2-7-17(15-9-11-30-19(12-15)28-23(26)29-30)21(25)20(13)22(32)27-10-8-18(31)14-3-5-16(24)6-4-14/h2-7,9,11-12,18,31H,8,10H2,1H3,(H2,26,29)(H,27,32)/t18-/m0/s1. The van der Waals surface area contributed by atoms with Gasteiger partial charge in [-0.1, -0.05) is 35.9 Å². The van der Waals surface area contributed by atoms with Gasteiger partial charge in [0.1, 0.15) is 5.82 Å². The average Bonchev–Trinajstić information content (AvgIpc) is 3.13. The van der Waals surface area contributed by atoms with E-state index in [1.807, 2.05) is 0 Å². The second-order valence-electron chi connectivity index (χ2n) is 7.42. The maximum Gasteiger partial charge on any atom is 0.254 e. The van der Waals surface area contributed by atoms with Crippen LogP contribution in [0.3, 0.4) is 0 Å². The number of aliphatic hydroxyl groups is 1. The number of fused-ring (bicyclic) bond motifs is 1. The number of aliphatic hydroxyl groups excluding tert-OH is 1. The summed E-state index contributed by atoms with van der Waals surface area (Å²) < 4.78 is 16.9. The van der Waals surface area contributed by atoms with Crippen molar-refractivity contribution in [3.8, 4) is 11.1 Å². The van der Waals surface area contributed by atoms with E-state index < -0.39 is 17.8 Å². The number of nitrogens with zero attached hydrogens (tertiary/aromatic N) is 3. The van der Waals surface area contributed by atoms with E-state index in [-0.39, 0.29) is 30.0 Å². The van der Waals surface area contributed by atoms with Gasteiger partial charge in [0, 0.05) is 23.3 Å². The van der Waals surface area contributed by atoms with Gasteiger partial charge in [-0.15, -0.1) is 5.10 Å². The minimum atomic E-state index is -0.771. The smallest absolute Gasteiger partial charge is 0.254 e. The fourth-order valence-electron chi connectivity index (χ4n) is 3.50. The van der Waals surface area contributed by atoms with Crippen molar-refractivity contribution in [2.45, 2.75) is 19.4 Å². The zero-order valence-corrected chi connectivity index (χ0v) is 18.0. The van der Waals surface area contributed by atoms with E-state index in [9.17, 15) is 9.90 Å². The molecule has 2 heterocycles. The predicted molar refractivity (Wildman–Crippen MR) is 121 cm³/mol. The fraction of sp³-hybridized carbons (Fsp3) is 0.174. The number of nitrogen functional groups attached to an aromatic ring is 1. The lowest BCUT2D eigenvalue weighted by Crippen LogP contribution is -2.27. The quantitative estimate of drug-likeness (QED) is 0.410. The molecule has 32 heavy (non-hydrogen) atoms. The van der Waals surface area contributed by atoms with Crippen molar-refractivity contribution in [2.75, 3.05) is 12.3 Å². The number of carbonyl (C=O) groups is 1. The molecule has 0 aliphatic rings. The van der Waals surface area contributed by atoms with E-state index in [2.05, 4.69) is 15.4 Å². The molecule has 2 aromatic heterocycles. The van der Waals surface area contributed by atoms with Gasteiger partial charge in [-0.3, -0.25) is 4.79 Å². The second-order valence-corrected chi connectivity index (χ2v) is 7.86. The maximum atomic E-state index is 15.4. The Bertz CT molecular complexity index is 1290. The summed E-state index contributed by atoms with van der Waals surface area (Å²) in [6.07, 6.45) is 1.14. The number of hydrogen-bond acceptors (Lipinski definition) is 5. The summed E-state index contributed by atoms with van der Waals surface area (Å²) in [5.74, 6) is -1.05. The number of nitrogens with two attached hydrogens (primary N) is 1. The van der Waals surface area contributed by atoms with Crippen LogP contribution in [0.15, 0.2) is 54.7 Å². The lowest BCUT2D eigenvalue weighted by Gasteiger charge is -2.14. The minimum absolute atomic E-state index is 0.0377. The van der Waals surface area contributed by atoms with Crippen LogP contribution in [0.2, 0.25) is 5.02 Å². The molecule has 0 radical (unpaired) electrons. The van der Waals surface area contributed by atoms with Crippen molar-refractivity contribution in [1.29, 1.82) is 0 Å². The Morgan fingerprint density at radius 3 is 2.75 bits per heavy atom. The number of benzene rings is 2. The van der Waals surface area contributed by atoms with Gasteiger partial charge in [0.2, 0.25) is 5.95 Å². The summed E-state index contributed by atoms with van der Waals surface area (Å²) >= 11 is 5.86. The van der Waals surface area contributed by atoms with E-state index in [0.717, 1.165) is 0 Å². The summed E-state index contributed by atoms with van der Waals surface area (Å²) in [4.78, 5) is 16.8. The van der Waals surface area contributed by atoms with Gasteiger partial charge in [-0.2, -0.15) is 4.98 Å². The Hall–Kier alpha value is -3.49. The molecule has 4 rings (SSSR count). The van der Waals surface area contributed by atoms with Crippen molar-refractivity contribution in [3.05, 3.63) is 82.3 Å². The molecule has 1 atom stereocenters. The van der Waals surface area contributed by atoms with Gasteiger partial charge in [0.25, 0.3) is 5.91 Å². The van der Waals surface area contributed by atoms with Crippen molar-refractivity contribution in [1.82, 2.24) is 19.9 Å². The molecular formula is C23H21ClFN5O2. The van der Waals surface area contributed by atoms with Gasteiger partial charge in [0.15, 0.2) is 5.65 Å². The summed E-state index contributed by atoms with van der Waals surface area (Å²) in [6.45, 7) is 1.85. The third-order valence-electron chi connectivity index (χ3n) is 5.20. The number of carbonyl (C=O) groups excluding carboxylic acids is 1. The van der Waals surface area contributed by atoms with Crippen molar-refractivity contribution in [3.63, 3.8) is 0 Å². The molecule has 0 saturated carbocycles. The zero-order valence-electron chi connectivity index (χ0n) is 17.2. The third kappa shape index (κ3) is 4.42. The molecule has 2 aromatic carbocycles. The lowest BCUT2D eigenvalue weighted by molar-refractivity contribution is 0.0938. The number of halogens is 2. The lowest BCUT2D eigenvalue weighted by atomic mass is 9.98. The predicted octanol–water partition coefficient (Wildman–Crippen LogP) is 3.93. The molecule has 0 fully saturated rings. The van der Waals surface area contributed by atoms with E-state index in [4.69, 9.17) is 17.3 Å². The second kappa shape index (κ2) is 8.94. The van der Waals surface area contributed by atoms with Crippen molar-refractivity contribution in [2.24, 2.45) is 0 Å². The Morgan fingerprint density at radius 1 is 1.25 bits per heavy atom. The number of nitrogens with one attached hydrogen (secondary N) is 1. The summed E-state index contributed by atoms with van der Waals surface area (Å²) in [5, 5.41) is 17.6. The van der Waals surface area contributed by atoms with Crippen molar-refractivity contribution >= 4 is 29.1 Å². The average molecular weight is 454 g/mol. The molecule has 9 heteroatoms. The highest BCUT2D eigenvalue weighted by Gasteiger charge is 2.20. The molecular weight excluding hydrogens is 433 g/mol. The van der Waals surface area contributed by atoms with E-state index in [0.29, 0.717) is 27.4 Å². The Kier molecular flexibility index (Phi) is 6.07. The molecule has 4 N–H and O–H groups in total. The molecule has 164 valence electrons. The van der Waals surface area contributed by atoms with Crippen LogP contribution in [0.25, 0.3) is 16.8 Å². The van der Waals surface area contributed by atoms with Gasteiger partial charge in [-0.25, -0.2) is 8.91 Å². The third-order valence-corrected chi connectivity index (χ3v) is 5.45. The molecule has 0 saturated heterocycles. The van der Waals surface area contributed by atoms with Crippen LogP contribution < -0.4 is 11.1 Å². The first kappa shape index (κ1) is 21.7. The molecule has 4 aromatic rings. The minimum Gasteiger partial charge on any atom is -0.388 e. The molecule has 0 bridgehead atoms. The van der Waals surface area contributed by atoms with Crippen LogP contribution in [0.4, 0.5) is 10.3 Å². The number of anilines is 1. The van der Waals surface area contributed by atoms with E-state index in [1.54, 1.807) is 61.7 Å². The van der Waals surface area contributed by atoms with Gasteiger partial charge in [0.05, 0.1) is 11.7 Å². The first-order valence-electron chi connectivity index (χ1n) is 9.96. The van der Waals surface area contributed by atoms with Crippen LogP contribution in [0, 0.1) is 12.7 Å². The molecule has 1 amide bonds. The summed E-state index contributed by atoms with van der Waals surface area (Å²) in [7, 11) is 0. The number of hydrogen-bond donors (Lipinski definition) is 3. The first-order valence-corrected chi connectivity index (χ1v) is 10.3. The maximum absolute atomic E-state index is 15.4. The highest BCUT2D eigenvalue weighted by Crippen LogP contribution is 2.28. The van der Waals surface area contributed by atoms with Gasteiger partial charge >= 0.3 is 0 Å². The van der Waals surface area contributed by atoms with Crippen LogP contribution >= 0.6 is 11.6 Å². The Labute approximate surface area is 188 Å². The Morgan fingerprint density at radius 2 is 2.00 bits per heavy atom. The van der Waals surface area contributed by atoms with Gasteiger partial charge in [-0.05, 0) is 54.3 Å². The largest absolute Gasteiger partial charge is 0.388 e. The number of aryl methyl sites for hydroxylation is 1. The first-order chi connectivity index (χ1) is 15.3. The monoisotopic (exact) mass is 453 g/mol. The fourth-order valence-corrected chi connectivity index (χ4v) is 3.63. The van der Waals surface area contributed by atoms with Crippen LogP contribution in [-0.2, 0) is 0 Å². The topological polar surface area (TPSA) is 106 Å². The molecule has 0 aliphatic carbocycles. The number of pyridine rings is 1. The number of aromatic nitrogens is 3. The highest BCUT2D eigenvalue weighted by atomic mass is 35.5.